The number of carbonyl (C=O) groups is 1. The lowest BCUT2D eigenvalue weighted by molar-refractivity contribution is 0.0937. The molecule has 3 heterocycles. The molecule has 2 fully saturated rings. The molecule has 1 aliphatic carbocycles. The molecule has 136 valence electrons. The first kappa shape index (κ1) is 16.8. The summed E-state index contributed by atoms with van der Waals surface area (Å²) >= 11 is 0. The molecule has 0 atom stereocenters. The van der Waals surface area contributed by atoms with E-state index in [0.717, 1.165) is 50.7 Å². The van der Waals surface area contributed by atoms with Crippen LogP contribution in [0.25, 0.3) is 0 Å². The van der Waals surface area contributed by atoms with Crippen molar-refractivity contribution in [2.24, 2.45) is 0 Å². The predicted octanol–water partition coefficient (Wildman–Crippen LogP) is 2.48. The second-order valence-corrected chi connectivity index (χ2v) is 7.02. The topological polar surface area (TPSA) is 61.4 Å². The molecule has 26 heavy (non-hydrogen) atoms. The minimum atomic E-state index is -0.00378. The fourth-order valence-corrected chi connectivity index (χ4v) is 3.75. The minimum Gasteiger partial charge on any atom is -0.353 e. The predicted molar refractivity (Wildman–Crippen MR) is 103 cm³/mol. The van der Waals surface area contributed by atoms with E-state index in [2.05, 4.69) is 25.1 Å². The number of hydrogen-bond acceptors (Lipinski definition) is 5. The highest BCUT2D eigenvalue weighted by molar-refractivity contribution is 5.94. The molecule has 0 radical (unpaired) electrons. The molecule has 1 saturated heterocycles. The van der Waals surface area contributed by atoms with Gasteiger partial charge < -0.3 is 15.1 Å². The molecular weight excluding hydrogens is 326 g/mol. The Morgan fingerprint density at radius 1 is 0.923 bits per heavy atom. The van der Waals surface area contributed by atoms with Crippen molar-refractivity contribution >= 4 is 17.5 Å². The number of nitrogens with one attached hydrogen (secondary N) is 1. The van der Waals surface area contributed by atoms with Gasteiger partial charge in [0.25, 0.3) is 5.91 Å². The highest BCUT2D eigenvalue weighted by Gasteiger charge is 2.20. The maximum absolute atomic E-state index is 12.3. The summed E-state index contributed by atoms with van der Waals surface area (Å²) in [6.07, 6.45) is 8.15. The lowest BCUT2D eigenvalue weighted by atomic mass is 10.2. The highest BCUT2D eigenvalue weighted by atomic mass is 16.1. The molecule has 2 aromatic rings. The van der Waals surface area contributed by atoms with Crippen LogP contribution in [-0.4, -0.2) is 48.1 Å². The molecule has 0 spiro atoms. The van der Waals surface area contributed by atoms with Gasteiger partial charge in [0.1, 0.15) is 11.6 Å². The Balaban J connectivity index is 1.33. The molecule has 4 rings (SSSR count). The summed E-state index contributed by atoms with van der Waals surface area (Å²) in [4.78, 5) is 25.8. The number of amides is 1. The van der Waals surface area contributed by atoms with Crippen molar-refractivity contribution in [3.63, 3.8) is 0 Å². The van der Waals surface area contributed by atoms with Gasteiger partial charge in [0.15, 0.2) is 0 Å². The van der Waals surface area contributed by atoms with E-state index in [9.17, 15) is 4.79 Å². The van der Waals surface area contributed by atoms with E-state index in [1.165, 1.54) is 12.8 Å². The largest absolute Gasteiger partial charge is 0.353 e. The van der Waals surface area contributed by atoms with Crippen LogP contribution < -0.4 is 15.1 Å². The third kappa shape index (κ3) is 3.79. The number of anilines is 2. The molecule has 0 unspecified atom stereocenters. The van der Waals surface area contributed by atoms with Gasteiger partial charge >= 0.3 is 0 Å². The van der Waals surface area contributed by atoms with E-state index in [4.69, 9.17) is 0 Å². The maximum Gasteiger partial charge on any atom is 0.253 e. The number of hydrogen-bond donors (Lipinski definition) is 1. The van der Waals surface area contributed by atoms with Crippen LogP contribution in [0.15, 0.2) is 42.7 Å². The van der Waals surface area contributed by atoms with Crippen LogP contribution >= 0.6 is 0 Å². The minimum absolute atomic E-state index is 0.00378. The van der Waals surface area contributed by atoms with Gasteiger partial charge in [-0.3, -0.25) is 4.79 Å². The first-order valence-electron chi connectivity index (χ1n) is 9.47. The van der Waals surface area contributed by atoms with Crippen LogP contribution in [0.2, 0.25) is 0 Å². The molecule has 0 bridgehead atoms. The molecule has 1 saturated carbocycles. The maximum atomic E-state index is 12.3. The average Bonchev–Trinajstić information content (AvgIpc) is 3.22. The van der Waals surface area contributed by atoms with Crippen molar-refractivity contribution in [3.8, 4) is 0 Å². The molecule has 1 amide bonds. The average molecular weight is 351 g/mol. The number of pyridine rings is 2. The van der Waals surface area contributed by atoms with Crippen LogP contribution in [0.4, 0.5) is 11.6 Å². The van der Waals surface area contributed by atoms with Crippen molar-refractivity contribution in [1.29, 1.82) is 0 Å². The summed E-state index contributed by atoms with van der Waals surface area (Å²) in [5.41, 5.74) is 0.646. The van der Waals surface area contributed by atoms with Crippen molar-refractivity contribution in [2.75, 3.05) is 36.0 Å². The summed E-state index contributed by atoms with van der Waals surface area (Å²) in [5, 5.41) is 3.11. The van der Waals surface area contributed by atoms with Gasteiger partial charge in [-0.25, -0.2) is 9.97 Å². The van der Waals surface area contributed by atoms with Gasteiger partial charge in [-0.1, -0.05) is 18.9 Å². The first-order valence-corrected chi connectivity index (χ1v) is 9.47. The van der Waals surface area contributed by atoms with Crippen molar-refractivity contribution in [1.82, 2.24) is 15.3 Å². The van der Waals surface area contributed by atoms with E-state index in [1.54, 1.807) is 6.20 Å². The van der Waals surface area contributed by atoms with Gasteiger partial charge in [-0.05, 0) is 37.1 Å². The molecule has 2 aromatic heterocycles. The number of piperazine rings is 1. The fourth-order valence-electron chi connectivity index (χ4n) is 3.75. The lowest BCUT2D eigenvalue weighted by Gasteiger charge is -2.36. The summed E-state index contributed by atoms with van der Waals surface area (Å²) in [6, 6.07) is 10.2. The van der Waals surface area contributed by atoms with Gasteiger partial charge in [0.05, 0.1) is 5.56 Å². The quantitative estimate of drug-likeness (QED) is 0.917. The monoisotopic (exact) mass is 351 g/mol. The Morgan fingerprint density at radius 2 is 1.62 bits per heavy atom. The highest BCUT2D eigenvalue weighted by Crippen LogP contribution is 2.19. The Labute approximate surface area is 154 Å². The smallest absolute Gasteiger partial charge is 0.253 e. The van der Waals surface area contributed by atoms with Gasteiger partial charge in [0, 0.05) is 44.6 Å². The Kier molecular flexibility index (Phi) is 5.00. The summed E-state index contributed by atoms with van der Waals surface area (Å²) in [6.45, 7) is 3.64. The Bertz CT molecular complexity index is 720. The zero-order valence-corrected chi connectivity index (χ0v) is 15.0. The van der Waals surface area contributed by atoms with Crippen molar-refractivity contribution in [2.45, 2.75) is 31.7 Å². The summed E-state index contributed by atoms with van der Waals surface area (Å²) < 4.78 is 0. The van der Waals surface area contributed by atoms with E-state index in [1.807, 2.05) is 36.5 Å². The molecule has 0 aromatic carbocycles. The second-order valence-electron chi connectivity index (χ2n) is 7.02. The van der Waals surface area contributed by atoms with Gasteiger partial charge in [-0.15, -0.1) is 0 Å². The molecule has 1 N–H and O–H groups in total. The normalized spacial score (nSPS) is 18.2. The molecule has 6 nitrogen and oxygen atoms in total. The van der Waals surface area contributed by atoms with Crippen LogP contribution in [0.3, 0.4) is 0 Å². The molecule has 2 aliphatic rings. The van der Waals surface area contributed by atoms with Gasteiger partial charge in [-0.2, -0.15) is 0 Å². The Hall–Kier alpha value is -2.63. The van der Waals surface area contributed by atoms with E-state index in [-0.39, 0.29) is 5.91 Å². The number of carbonyl (C=O) groups excluding carboxylic acids is 1. The number of rotatable bonds is 4. The summed E-state index contributed by atoms with van der Waals surface area (Å²) in [7, 11) is 0. The fraction of sp³-hybridized carbons (Fsp3) is 0.450. The molecule has 6 heteroatoms. The SMILES string of the molecule is O=C(NC1CCCC1)c1ccc(N2CCN(c3ccccn3)CC2)nc1. The van der Waals surface area contributed by atoms with Crippen LogP contribution in [-0.2, 0) is 0 Å². The molecule has 1 aliphatic heterocycles. The Morgan fingerprint density at radius 3 is 2.19 bits per heavy atom. The van der Waals surface area contributed by atoms with Crippen LogP contribution in [0.5, 0.6) is 0 Å². The standard InChI is InChI=1S/C20H25N5O/c26-20(23-17-5-1-2-6-17)16-8-9-19(22-15-16)25-13-11-24(12-14-25)18-7-3-4-10-21-18/h3-4,7-10,15,17H,1-2,5-6,11-14H2,(H,23,26). The third-order valence-electron chi connectivity index (χ3n) is 5.28. The second kappa shape index (κ2) is 7.72. The molecular formula is C20H25N5O. The number of nitrogens with zero attached hydrogens (tertiary/aromatic N) is 4. The zero-order valence-electron chi connectivity index (χ0n) is 15.0. The van der Waals surface area contributed by atoms with Crippen LogP contribution in [0.1, 0.15) is 36.0 Å². The van der Waals surface area contributed by atoms with Crippen molar-refractivity contribution < 1.29 is 4.79 Å². The third-order valence-corrected chi connectivity index (χ3v) is 5.28. The lowest BCUT2D eigenvalue weighted by Crippen LogP contribution is -2.47. The van der Waals surface area contributed by atoms with E-state index < -0.39 is 0 Å². The number of aromatic nitrogens is 2. The van der Waals surface area contributed by atoms with Crippen molar-refractivity contribution in [3.05, 3.63) is 48.3 Å². The zero-order chi connectivity index (χ0) is 17.8. The van der Waals surface area contributed by atoms with E-state index in [0.29, 0.717) is 11.6 Å². The van der Waals surface area contributed by atoms with Crippen LogP contribution in [0, 0.1) is 0 Å². The summed E-state index contributed by atoms with van der Waals surface area (Å²) in [5.74, 6) is 1.96. The van der Waals surface area contributed by atoms with E-state index >= 15 is 0 Å². The first-order chi connectivity index (χ1) is 12.8. The van der Waals surface area contributed by atoms with Gasteiger partial charge in [0.2, 0.25) is 0 Å².